The fourth-order valence-corrected chi connectivity index (χ4v) is 3.34. The molecule has 0 aliphatic heterocycles. The van der Waals surface area contributed by atoms with Crippen molar-refractivity contribution >= 4 is 9.84 Å². The topological polar surface area (TPSA) is 70.4 Å². The molecule has 0 saturated heterocycles. The van der Waals surface area contributed by atoms with Gasteiger partial charge < -0.3 is 9.47 Å². The van der Waals surface area contributed by atoms with Crippen LogP contribution in [0.5, 0.6) is 11.5 Å². The lowest BCUT2D eigenvalue weighted by Gasteiger charge is -2.27. The molecule has 2 rings (SSSR count). The fraction of sp³-hybridized carbons (Fsp3) is 0.438. The van der Waals surface area contributed by atoms with Crippen LogP contribution >= 0.6 is 0 Å². The van der Waals surface area contributed by atoms with Crippen molar-refractivity contribution in [2.75, 3.05) is 12.4 Å². The number of hydrogen-bond acceptors (Lipinski definition) is 5. The predicted octanol–water partition coefficient (Wildman–Crippen LogP) is 4.48. The maximum Gasteiger partial charge on any atom is 0.460 e. The monoisotopic (exact) mass is 500 g/mol. The summed E-state index contributed by atoms with van der Waals surface area (Å²) >= 11 is 0. The van der Waals surface area contributed by atoms with Gasteiger partial charge in [0.25, 0.3) is 0 Å². The van der Waals surface area contributed by atoms with Gasteiger partial charge in [-0.25, -0.2) is 13.1 Å². The Morgan fingerprint density at radius 3 is 2.22 bits per heavy atom. The van der Waals surface area contributed by atoms with Gasteiger partial charge in [-0.05, 0) is 12.1 Å². The Morgan fingerprint density at radius 1 is 1.06 bits per heavy atom. The van der Waals surface area contributed by atoms with Crippen LogP contribution in [0.3, 0.4) is 0 Å². The first-order chi connectivity index (χ1) is 14.5. The predicted molar refractivity (Wildman–Crippen MR) is 89.4 cm³/mol. The van der Waals surface area contributed by atoms with E-state index in [-0.39, 0.29) is 5.69 Å². The quantitative estimate of drug-likeness (QED) is 0.475. The van der Waals surface area contributed by atoms with Crippen LogP contribution in [0, 0.1) is 0 Å². The summed E-state index contributed by atoms with van der Waals surface area (Å²) in [4.78, 5) is -0.554. The minimum atomic E-state index is -6.53. The molecule has 0 spiro atoms. The number of sulfone groups is 1. The molecule has 0 fully saturated rings. The molecule has 1 aromatic heterocycles. The van der Waals surface area contributed by atoms with Crippen LogP contribution in [0.15, 0.2) is 35.5 Å². The van der Waals surface area contributed by atoms with Crippen LogP contribution in [-0.4, -0.2) is 55.2 Å². The van der Waals surface area contributed by atoms with Gasteiger partial charge in [-0.1, -0.05) is 6.92 Å². The molecule has 1 aromatic carbocycles. The van der Waals surface area contributed by atoms with Crippen LogP contribution < -0.4 is 9.47 Å². The molecule has 0 saturated carbocycles. The van der Waals surface area contributed by atoms with Crippen LogP contribution in [0.1, 0.15) is 6.92 Å². The van der Waals surface area contributed by atoms with Gasteiger partial charge in [-0.2, -0.15) is 44.6 Å². The summed E-state index contributed by atoms with van der Waals surface area (Å²) in [5, 5.41) is 3.58. The molecule has 0 radical (unpaired) electrons. The lowest BCUT2D eigenvalue weighted by atomic mass is 10.2. The summed E-state index contributed by atoms with van der Waals surface area (Å²) in [6, 6.07) is 2.67. The van der Waals surface area contributed by atoms with E-state index < -0.39 is 63.2 Å². The van der Waals surface area contributed by atoms with Crippen molar-refractivity contribution in [2.45, 2.75) is 36.5 Å². The molecular formula is C16H13F9N2O4S. The van der Waals surface area contributed by atoms with Crippen molar-refractivity contribution in [1.29, 1.82) is 0 Å². The Hall–Kier alpha value is -2.65. The van der Waals surface area contributed by atoms with Gasteiger partial charge in [0.2, 0.25) is 0 Å². The van der Waals surface area contributed by atoms with Gasteiger partial charge in [0.05, 0.1) is 28.7 Å². The number of aromatic nitrogens is 2. The van der Waals surface area contributed by atoms with E-state index in [0.717, 1.165) is 24.4 Å². The second kappa shape index (κ2) is 8.71. The maximum absolute atomic E-state index is 13.4. The largest absolute Gasteiger partial charge is 0.484 e. The highest BCUT2D eigenvalue weighted by Gasteiger charge is 2.73. The normalized spacial score (nSPS) is 13.5. The molecule has 16 heteroatoms. The minimum Gasteiger partial charge on any atom is -0.484 e. The third-order valence-electron chi connectivity index (χ3n) is 3.91. The van der Waals surface area contributed by atoms with Crippen molar-refractivity contribution in [1.82, 2.24) is 9.78 Å². The molecule has 0 bridgehead atoms. The number of ether oxygens (including phenoxy) is 2. The summed E-state index contributed by atoms with van der Waals surface area (Å²) in [6.45, 7) is -4.40. The van der Waals surface area contributed by atoms with Crippen LogP contribution in [0.25, 0.3) is 5.69 Å². The zero-order valence-electron chi connectivity index (χ0n) is 15.7. The molecule has 1 heterocycles. The summed E-state index contributed by atoms with van der Waals surface area (Å²) in [7, 11) is -4.07. The molecule has 0 amide bonds. The van der Waals surface area contributed by atoms with Gasteiger partial charge in [0.1, 0.15) is 5.75 Å². The maximum atomic E-state index is 13.4. The fourth-order valence-electron chi connectivity index (χ4n) is 2.25. The van der Waals surface area contributed by atoms with E-state index in [4.69, 9.17) is 0 Å². The van der Waals surface area contributed by atoms with Gasteiger partial charge in [-0.15, -0.1) is 0 Å². The zero-order valence-corrected chi connectivity index (χ0v) is 16.5. The van der Waals surface area contributed by atoms with E-state index in [2.05, 4.69) is 14.6 Å². The molecule has 0 aliphatic rings. The van der Waals surface area contributed by atoms with E-state index in [0.29, 0.717) is 10.9 Å². The van der Waals surface area contributed by atoms with E-state index in [1.165, 1.54) is 6.92 Å². The lowest BCUT2D eigenvalue weighted by Crippen LogP contribution is -2.54. The number of nitrogens with zero attached hydrogens (tertiary/aromatic N) is 2. The zero-order chi connectivity index (χ0) is 24.5. The van der Waals surface area contributed by atoms with Crippen LogP contribution in [0.4, 0.5) is 39.5 Å². The van der Waals surface area contributed by atoms with E-state index >= 15 is 0 Å². The lowest BCUT2D eigenvalue weighted by molar-refractivity contribution is -0.358. The highest BCUT2D eigenvalue weighted by Crippen LogP contribution is 2.46. The highest BCUT2D eigenvalue weighted by molar-refractivity contribution is 7.91. The Bertz CT molecular complexity index is 1050. The second-order valence-corrected chi connectivity index (χ2v) is 8.34. The number of alkyl halides is 9. The molecule has 0 atom stereocenters. The standard InChI is InChI=1S/C16H13F9N2O4S/c1-2-32(28,29)12-5-9(31-13(17)18)3-4-11(12)27-7-10(6-26-27)30-8-14(19,20)15(21,22)16(23,24)25/h3-7,13H,2,8H2,1H3. The second-order valence-electron chi connectivity index (χ2n) is 6.10. The summed E-state index contributed by atoms with van der Waals surface area (Å²) in [6.07, 6.45) is -5.16. The Balaban J connectivity index is 2.34. The van der Waals surface area contributed by atoms with Crippen LogP contribution in [0.2, 0.25) is 0 Å². The summed E-state index contributed by atoms with van der Waals surface area (Å²) in [5.41, 5.74) is -0.282. The third kappa shape index (κ3) is 5.21. The number of rotatable bonds is 9. The van der Waals surface area contributed by atoms with Gasteiger partial charge in [-0.3, -0.25) is 0 Å². The smallest absolute Gasteiger partial charge is 0.460 e. The average Bonchev–Trinajstić information content (AvgIpc) is 3.14. The summed E-state index contributed by atoms with van der Waals surface area (Å²) < 4.78 is 148. The SMILES string of the molecule is CCS(=O)(=O)c1cc(OC(F)F)ccc1-n1cc(OCC(F)(F)C(F)(F)C(F)(F)F)cn1. The van der Waals surface area contributed by atoms with E-state index in [9.17, 15) is 47.9 Å². The summed E-state index contributed by atoms with van der Waals surface area (Å²) in [5.74, 6) is -13.7. The number of hydrogen-bond donors (Lipinski definition) is 0. The van der Waals surface area contributed by atoms with Gasteiger partial charge in [0, 0.05) is 6.07 Å². The van der Waals surface area contributed by atoms with Crippen molar-refractivity contribution in [3.05, 3.63) is 30.6 Å². The molecule has 2 aromatic rings. The number of benzene rings is 1. The van der Waals surface area contributed by atoms with Gasteiger partial charge >= 0.3 is 24.6 Å². The number of halogens is 9. The third-order valence-corrected chi connectivity index (χ3v) is 5.67. The molecule has 0 N–H and O–H groups in total. The van der Waals surface area contributed by atoms with Crippen LogP contribution in [-0.2, 0) is 9.84 Å². The minimum absolute atomic E-state index is 0.282. The average molecular weight is 500 g/mol. The Labute approximate surface area is 174 Å². The molecule has 180 valence electrons. The first kappa shape index (κ1) is 25.6. The Kier molecular flexibility index (Phi) is 6.97. The van der Waals surface area contributed by atoms with E-state index in [1.807, 2.05) is 0 Å². The van der Waals surface area contributed by atoms with Crippen molar-refractivity contribution in [3.8, 4) is 17.2 Å². The Morgan fingerprint density at radius 2 is 1.69 bits per heavy atom. The van der Waals surface area contributed by atoms with Crippen molar-refractivity contribution < 1.29 is 57.4 Å². The molecule has 0 unspecified atom stereocenters. The van der Waals surface area contributed by atoms with E-state index in [1.54, 1.807) is 0 Å². The molecular weight excluding hydrogens is 487 g/mol. The molecule has 0 aliphatic carbocycles. The van der Waals surface area contributed by atoms with Crippen molar-refractivity contribution in [2.24, 2.45) is 0 Å². The molecule has 32 heavy (non-hydrogen) atoms. The first-order valence-electron chi connectivity index (χ1n) is 8.33. The first-order valence-corrected chi connectivity index (χ1v) is 9.99. The highest BCUT2D eigenvalue weighted by atomic mass is 32.2. The molecule has 6 nitrogen and oxygen atoms in total. The van der Waals surface area contributed by atoms with Crippen molar-refractivity contribution in [3.63, 3.8) is 0 Å². The van der Waals surface area contributed by atoms with Gasteiger partial charge in [0.15, 0.2) is 22.2 Å².